The van der Waals surface area contributed by atoms with Gasteiger partial charge in [0.15, 0.2) is 0 Å². The van der Waals surface area contributed by atoms with Gasteiger partial charge in [-0.15, -0.1) is 0 Å². The van der Waals surface area contributed by atoms with Gasteiger partial charge in [-0.3, -0.25) is 9.59 Å². The van der Waals surface area contributed by atoms with Crippen molar-refractivity contribution >= 4 is 17.5 Å². The maximum absolute atomic E-state index is 13.4. The minimum atomic E-state index is -0.501. The zero-order valence-corrected chi connectivity index (χ0v) is 12.5. The van der Waals surface area contributed by atoms with Crippen LogP contribution in [-0.2, 0) is 9.59 Å². The first kappa shape index (κ1) is 15.2. The molecule has 0 unspecified atom stereocenters. The van der Waals surface area contributed by atoms with Crippen molar-refractivity contribution in [1.82, 2.24) is 5.32 Å². The van der Waals surface area contributed by atoms with E-state index >= 15 is 0 Å². The largest absolute Gasteiger partial charge is 0.347 e. The molecular weight excluding hydrogens is 295 g/mol. The summed E-state index contributed by atoms with van der Waals surface area (Å²) in [6.07, 6.45) is 0.796. The van der Waals surface area contributed by atoms with Gasteiger partial charge in [0.25, 0.3) is 0 Å². The molecule has 0 aliphatic heterocycles. The van der Waals surface area contributed by atoms with Gasteiger partial charge in [0, 0.05) is 5.92 Å². The van der Waals surface area contributed by atoms with Gasteiger partial charge in [-0.1, -0.05) is 42.5 Å². The fraction of sp³-hybridized carbons (Fsp3) is 0.222. The molecule has 0 spiro atoms. The number of carbonyl (C=O) groups is 2. The van der Waals surface area contributed by atoms with Crippen molar-refractivity contribution in [3.05, 3.63) is 66.0 Å². The number of carbonyl (C=O) groups excluding carboxylic acids is 2. The highest BCUT2D eigenvalue weighted by Crippen LogP contribution is 2.47. The van der Waals surface area contributed by atoms with Crippen molar-refractivity contribution in [2.24, 2.45) is 5.92 Å². The van der Waals surface area contributed by atoms with Crippen molar-refractivity contribution in [3.8, 4) is 0 Å². The first-order chi connectivity index (χ1) is 11.1. The highest BCUT2D eigenvalue weighted by molar-refractivity contribution is 5.95. The number of amides is 2. The van der Waals surface area contributed by atoms with Crippen LogP contribution in [-0.4, -0.2) is 18.4 Å². The topological polar surface area (TPSA) is 58.2 Å². The Kier molecular flexibility index (Phi) is 4.37. The summed E-state index contributed by atoms with van der Waals surface area (Å²) < 4.78 is 13.4. The molecule has 4 nitrogen and oxygen atoms in total. The average molecular weight is 312 g/mol. The van der Waals surface area contributed by atoms with Crippen LogP contribution >= 0.6 is 0 Å². The van der Waals surface area contributed by atoms with Gasteiger partial charge in [0.2, 0.25) is 11.8 Å². The molecule has 2 N–H and O–H groups in total. The van der Waals surface area contributed by atoms with Gasteiger partial charge < -0.3 is 10.6 Å². The van der Waals surface area contributed by atoms with E-state index in [2.05, 4.69) is 10.6 Å². The van der Waals surface area contributed by atoms with E-state index in [4.69, 9.17) is 0 Å². The molecule has 5 heteroatoms. The number of rotatable bonds is 5. The van der Waals surface area contributed by atoms with E-state index in [1.165, 1.54) is 12.1 Å². The first-order valence-electron chi connectivity index (χ1n) is 7.52. The Morgan fingerprint density at radius 2 is 1.74 bits per heavy atom. The molecule has 0 radical (unpaired) electrons. The second-order valence-electron chi connectivity index (χ2n) is 5.61. The second-order valence-corrected chi connectivity index (χ2v) is 5.61. The predicted octanol–water partition coefficient (Wildman–Crippen LogP) is 2.68. The molecule has 2 atom stereocenters. The average Bonchev–Trinajstić information content (AvgIpc) is 3.36. The standard InChI is InChI=1S/C18H17FN2O2/c19-15-8-4-5-9-16(15)21-17(22)11-20-18(23)14-10-13(14)12-6-2-1-3-7-12/h1-9,13-14H,10-11H2,(H,20,23)(H,21,22)/t13-,14+/m0/s1. The normalized spacial score (nSPS) is 19.0. The van der Waals surface area contributed by atoms with Crippen molar-refractivity contribution in [2.75, 3.05) is 11.9 Å². The Labute approximate surface area is 133 Å². The highest BCUT2D eigenvalue weighted by Gasteiger charge is 2.43. The van der Waals surface area contributed by atoms with Gasteiger partial charge >= 0.3 is 0 Å². The third-order valence-electron chi connectivity index (χ3n) is 3.93. The van der Waals surface area contributed by atoms with Crippen molar-refractivity contribution in [3.63, 3.8) is 0 Å². The maximum Gasteiger partial charge on any atom is 0.243 e. The Bertz CT molecular complexity index is 718. The Hall–Kier alpha value is -2.69. The third kappa shape index (κ3) is 3.74. The lowest BCUT2D eigenvalue weighted by atomic mass is 10.1. The smallest absolute Gasteiger partial charge is 0.243 e. The molecule has 2 aromatic rings. The van der Waals surface area contributed by atoms with Crippen molar-refractivity contribution < 1.29 is 14.0 Å². The summed E-state index contributed by atoms with van der Waals surface area (Å²) in [5, 5.41) is 5.05. The van der Waals surface area contributed by atoms with Crippen LogP contribution in [0.15, 0.2) is 54.6 Å². The van der Waals surface area contributed by atoms with E-state index in [9.17, 15) is 14.0 Å². The number of hydrogen-bond donors (Lipinski definition) is 2. The molecule has 3 rings (SSSR count). The highest BCUT2D eigenvalue weighted by atomic mass is 19.1. The van der Waals surface area contributed by atoms with Crippen LogP contribution in [0, 0.1) is 11.7 Å². The fourth-order valence-electron chi connectivity index (χ4n) is 2.61. The van der Waals surface area contributed by atoms with E-state index < -0.39 is 11.7 Å². The number of halogens is 1. The minimum absolute atomic E-state index is 0.0846. The lowest BCUT2D eigenvalue weighted by molar-refractivity contribution is -0.125. The van der Waals surface area contributed by atoms with Crippen molar-refractivity contribution in [1.29, 1.82) is 0 Å². The summed E-state index contributed by atoms with van der Waals surface area (Å²) in [6.45, 7) is -0.162. The molecule has 0 bridgehead atoms. The SMILES string of the molecule is O=C(CNC(=O)[C@@H]1C[C@H]1c1ccccc1)Nc1ccccc1F. The van der Waals surface area contributed by atoms with Crippen LogP contribution < -0.4 is 10.6 Å². The summed E-state index contributed by atoms with van der Waals surface area (Å²) in [5.41, 5.74) is 1.25. The molecule has 2 aromatic carbocycles. The van der Waals surface area contributed by atoms with Gasteiger partial charge in [-0.25, -0.2) is 4.39 Å². The Balaban J connectivity index is 1.47. The number of nitrogens with one attached hydrogen (secondary N) is 2. The number of benzene rings is 2. The van der Waals surface area contributed by atoms with Gasteiger partial charge in [0.1, 0.15) is 5.82 Å². The molecule has 2 amide bonds. The maximum atomic E-state index is 13.4. The zero-order chi connectivity index (χ0) is 16.2. The molecular formula is C18H17FN2O2. The Morgan fingerprint density at radius 3 is 2.48 bits per heavy atom. The number of anilines is 1. The van der Waals surface area contributed by atoms with Crippen LogP contribution in [0.25, 0.3) is 0 Å². The third-order valence-corrected chi connectivity index (χ3v) is 3.93. The molecule has 1 saturated carbocycles. The molecule has 1 aliphatic rings. The molecule has 1 fully saturated rings. The van der Waals surface area contributed by atoms with E-state index in [1.54, 1.807) is 12.1 Å². The van der Waals surface area contributed by atoms with Gasteiger partial charge in [-0.05, 0) is 30.0 Å². The first-order valence-corrected chi connectivity index (χ1v) is 7.52. The second kappa shape index (κ2) is 6.60. The summed E-state index contributed by atoms with van der Waals surface area (Å²) in [4.78, 5) is 23.8. The Morgan fingerprint density at radius 1 is 1.04 bits per heavy atom. The van der Waals surface area contributed by atoms with Crippen LogP contribution in [0.4, 0.5) is 10.1 Å². The summed E-state index contributed by atoms with van der Waals surface area (Å²) in [6, 6.07) is 15.8. The molecule has 1 aliphatic carbocycles. The monoisotopic (exact) mass is 312 g/mol. The number of hydrogen-bond acceptors (Lipinski definition) is 2. The molecule has 23 heavy (non-hydrogen) atoms. The molecule has 118 valence electrons. The van der Waals surface area contributed by atoms with E-state index in [0.717, 1.165) is 12.0 Å². The van der Waals surface area contributed by atoms with Crippen LogP contribution in [0.1, 0.15) is 17.9 Å². The summed E-state index contributed by atoms with van der Waals surface area (Å²) in [5.74, 6) is -0.939. The predicted molar refractivity (Wildman–Crippen MR) is 85.3 cm³/mol. The lowest BCUT2D eigenvalue weighted by Gasteiger charge is -2.07. The van der Waals surface area contributed by atoms with Crippen LogP contribution in [0.5, 0.6) is 0 Å². The zero-order valence-electron chi connectivity index (χ0n) is 12.5. The molecule has 0 saturated heterocycles. The molecule has 0 heterocycles. The van der Waals surface area contributed by atoms with E-state index in [1.807, 2.05) is 30.3 Å². The quantitative estimate of drug-likeness (QED) is 0.892. The van der Waals surface area contributed by atoms with Gasteiger partial charge in [0.05, 0.1) is 12.2 Å². The minimum Gasteiger partial charge on any atom is -0.347 e. The van der Waals surface area contributed by atoms with Gasteiger partial charge in [-0.2, -0.15) is 0 Å². The summed E-state index contributed by atoms with van der Waals surface area (Å²) in [7, 11) is 0. The number of para-hydroxylation sites is 1. The van der Waals surface area contributed by atoms with E-state index in [0.29, 0.717) is 0 Å². The van der Waals surface area contributed by atoms with Crippen molar-refractivity contribution in [2.45, 2.75) is 12.3 Å². The van der Waals surface area contributed by atoms with Crippen LogP contribution in [0.3, 0.4) is 0 Å². The lowest BCUT2D eigenvalue weighted by Crippen LogP contribution is -2.34. The van der Waals surface area contributed by atoms with Crippen LogP contribution in [0.2, 0.25) is 0 Å². The molecule has 0 aromatic heterocycles. The van der Waals surface area contributed by atoms with E-state index in [-0.39, 0.29) is 30.0 Å². The fourth-order valence-corrected chi connectivity index (χ4v) is 2.61. The summed E-state index contributed by atoms with van der Waals surface area (Å²) >= 11 is 0.